The molecule has 1 aliphatic carbocycles. The van der Waals surface area contributed by atoms with E-state index in [0.29, 0.717) is 18.4 Å². The SMILES string of the molecule is Cc1cc(C2(N)CC(O)C2)ccc1[N+](=O)[O-]. The van der Waals surface area contributed by atoms with Crippen molar-refractivity contribution in [1.29, 1.82) is 0 Å². The number of nitrogens with zero attached hydrogens (tertiary/aromatic N) is 1. The van der Waals surface area contributed by atoms with Crippen LogP contribution in [0.3, 0.4) is 0 Å². The Morgan fingerprint density at radius 2 is 2.19 bits per heavy atom. The Hall–Kier alpha value is -1.46. The van der Waals surface area contributed by atoms with Crippen LogP contribution in [0.15, 0.2) is 18.2 Å². The lowest BCUT2D eigenvalue weighted by atomic mass is 9.70. The van der Waals surface area contributed by atoms with Gasteiger partial charge in [0.15, 0.2) is 0 Å². The van der Waals surface area contributed by atoms with E-state index in [1.807, 2.05) is 0 Å². The molecule has 5 nitrogen and oxygen atoms in total. The van der Waals surface area contributed by atoms with Crippen molar-refractivity contribution in [1.82, 2.24) is 0 Å². The number of benzene rings is 1. The zero-order valence-corrected chi connectivity index (χ0v) is 9.01. The second-order valence-electron chi connectivity index (χ2n) is 4.48. The summed E-state index contributed by atoms with van der Waals surface area (Å²) in [7, 11) is 0. The number of nitro benzene ring substituents is 1. The maximum absolute atomic E-state index is 10.7. The highest BCUT2D eigenvalue weighted by atomic mass is 16.6. The largest absolute Gasteiger partial charge is 0.393 e. The van der Waals surface area contributed by atoms with Crippen molar-refractivity contribution in [2.45, 2.75) is 31.4 Å². The summed E-state index contributed by atoms with van der Waals surface area (Å²) in [6, 6.07) is 4.89. The predicted molar refractivity (Wildman–Crippen MR) is 58.9 cm³/mol. The predicted octanol–water partition coefficient (Wildman–Crippen LogP) is 1.21. The molecule has 0 saturated heterocycles. The van der Waals surface area contributed by atoms with Gasteiger partial charge in [-0.3, -0.25) is 10.1 Å². The zero-order chi connectivity index (χ0) is 11.9. The molecule has 1 saturated carbocycles. The third kappa shape index (κ3) is 1.68. The van der Waals surface area contributed by atoms with Gasteiger partial charge in [-0.1, -0.05) is 6.07 Å². The van der Waals surface area contributed by atoms with Gasteiger partial charge in [-0.25, -0.2) is 0 Å². The van der Waals surface area contributed by atoms with Gasteiger partial charge >= 0.3 is 0 Å². The molecule has 0 unspecified atom stereocenters. The molecule has 0 radical (unpaired) electrons. The van der Waals surface area contributed by atoms with Gasteiger partial charge in [0.05, 0.1) is 11.0 Å². The van der Waals surface area contributed by atoms with Gasteiger partial charge in [0.2, 0.25) is 0 Å². The molecule has 0 aliphatic heterocycles. The second kappa shape index (κ2) is 3.54. The van der Waals surface area contributed by atoms with Gasteiger partial charge in [0.1, 0.15) is 0 Å². The summed E-state index contributed by atoms with van der Waals surface area (Å²) >= 11 is 0. The summed E-state index contributed by atoms with van der Waals surface area (Å²) in [5.74, 6) is 0. The summed E-state index contributed by atoms with van der Waals surface area (Å²) in [6.07, 6.45) is 0.689. The lowest BCUT2D eigenvalue weighted by molar-refractivity contribution is -0.385. The highest BCUT2D eigenvalue weighted by Crippen LogP contribution is 2.40. The van der Waals surface area contributed by atoms with E-state index < -0.39 is 10.5 Å². The van der Waals surface area contributed by atoms with Crippen molar-refractivity contribution in [3.63, 3.8) is 0 Å². The third-order valence-electron chi connectivity index (χ3n) is 3.17. The van der Waals surface area contributed by atoms with Crippen molar-refractivity contribution < 1.29 is 10.0 Å². The van der Waals surface area contributed by atoms with Crippen LogP contribution in [0, 0.1) is 17.0 Å². The first-order valence-corrected chi connectivity index (χ1v) is 5.15. The van der Waals surface area contributed by atoms with Crippen LogP contribution in [0.1, 0.15) is 24.0 Å². The molecule has 0 bridgehead atoms. The first-order chi connectivity index (χ1) is 7.42. The van der Waals surface area contributed by atoms with E-state index in [1.165, 1.54) is 6.07 Å². The Balaban J connectivity index is 2.32. The minimum atomic E-state index is -0.515. The van der Waals surface area contributed by atoms with E-state index in [1.54, 1.807) is 19.1 Å². The molecule has 0 amide bonds. The van der Waals surface area contributed by atoms with Crippen LogP contribution >= 0.6 is 0 Å². The summed E-state index contributed by atoms with van der Waals surface area (Å²) in [6.45, 7) is 1.69. The monoisotopic (exact) mass is 222 g/mol. The number of aliphatic hydroxyl groups is 1. The quantitative estimate of drug-likeness (QED) is 0.581. The van der Waals surface area contributed by atoms with Gasteiger partial charge in [0, 0.05) is 17.2 Å². The average Bonchev–Trinajstić information content (AvgIpc) is 2.14. The van der Waals surface area contributed by atoms with Crippen LogP contribution in [0.25, 0.3) is 0 Å². The minimum Gasteiger partial charge on any atom is -0.393 e. The first kappa shape index (κ1) is 11.0. The molecular formula is C11H14N2O3. The number of aliphatic hydroxyl groups excluding tert-OH is 1. The fraction of sp³-hybridized carbons (Fsp3) is 0.455. The van der Waals surface area contributed by atoms with Crippen molar-refractivity contribution in [3.8, 4) is 0 Å². The van der Waals surface area contributed by atoms with Gasteiger partial charge in [-0.05, 0) is 31.4 Å². The van der Waals surface area contributed by atoms with Gasteiger partial charge in [0.25, 0.3) is 5.69 Å². The number of hydrogen-bond donors (Lipinski definition) is 2. The second-order valence-corrected chi connectivity index (χ2v) is 4.48. The summed E-state index contributed by atoms with van der Waals surface area (Å²) in [4.78, 5) is 10.2. The van der Waals surface area contributed by atoms with E-state index in [0.717, 1.165) is 5.56 Å². The van der Waals surface area contributed by atoms with Crippen molar-refractivity contribution in [3.05, 3.63) is 39.4 Å². The molecule has 1 aliphatic rings. The molecule has 1 fully saturated rings. The van der Waals surface area contributed by atoms with Crippen LogP contribution in [-0.4, -0.2) is 16.1 Å². The van der Waals surface area contributed by atoms with E-state index in [4.69, 9.17) is 5.73 Å². The topological polar surface area (TPSA) is 89.4 Å². The van der Waals surface area contributed by atoms with E-state index in [2.05, 4.69) is 0 Å². The first-order valence-electron chi connectivity index (χ1n) is 5.15. The fourth-order valence-electron chi connectivity index (χ4n) is 2.19. The average molecular weight is 222 g/mol. The maximum Gasteiger partial charge on any atom is 0.272 e. The highest BCUT2D eigenvalue weighted by Gasteiger charge is 2.41. The maximum atomic E-state index is 10.7. The standard InChI is InChI=1S/C11H14N2O3/c1-7-4-8(2-3-10(7)13(15)16)11(12)5-9(14)6-11/h2-4,9,14H,5-6,12H2,1H3. The summed E-state index contributed by atoms with van der Waals surface area (Å²) in [5, 5.41) is 19.9. The van der Waals surface area contributed by atoms with Crippen LogP contribution in [0.4, 0.5) is 5.69 Å². The smallest absolute Gasteiger partial charge is 0.272 e. The number of aryl methyl sites for hydroxylation is 1. The number of nitrogens with two attached hydrogens (primary N) is 1. The molecule has 1 aromatic carbocycles. The van der Waals surface area contributed by atoms with Crippen molar-refractivity contribution in [2.75, 3.05) is 0 Å². The van der Waals surface area contributed by atoms with E-state index in [9.17, 15) is 15.2 Å². The van der Waals surface area contributed by atoms with Crippen LogP contribution < -0.4 is 5.73 Å². The summed E-state index contributed by atoms with van der Waals surface area (Å²) in [5.41, 5.74) is 7.14. The molecule has 0 aromatic heterocycles. The fourth-order valence-corrected chi connectivity index (χ4v) is 2.19. The molecule has 16 heavy (non-hydrogen) atoms. The zero-order valence-electron chi connectivity index (χ0n) is 9.01. The third-order valence-corrected chi connectivity index (χ3v) is 3.17. The molecule has 1 aromatic rings. The Morgan fingerprint density at radius 1 is 1.56 bits per heavy atom. The molecule has 5 heteroatoms. The number of hydrogen-bond acceptors (Lipinski definition) is 4. The van der Waals surface area contributed by atoms with Gasteiger partial charge in [-0.15, -0.1) is 0 Å². The van der Waals surface area contributed by atoms with Crippen LogP contribution in [0.5, 0.6) is 0 Å². The Labute approximate surface area is 93.0 Å². The Kier molecular flexibility index (Phi) is 2.44. The Morgan fingerprint density at radius 3 is 2.62 bits per heavy atom. The molecule has 2 rings (SSSR count). The van der Waals surface area contributed by atoms with E-state index in [-0.39, 0.29) is 11.8 Å². The summed E-state index contributed by atoms with van der Waals surface area (Å²) < 4.78 is 0. The van der Waals surface area contributed by atoms with E-state index >= 15 is 0 Å². The lowest BCUT2D eigenvalue weighted by Gasteiger charge is -2.42. The normalized spacial score (nSPS) is 28.6. The van der Waals surface area contributed by atoms with Crippen molar-refractivity contribution in [2.24, 2.45) is 5.73 Å². The minimum absolute atomic E-state index is 0.104. The van der Waals surface area contributed by atoms with Crippen molar-refractivity contribution >= 4 is 5.69 Å². The van der Waals surface area contributed by atoms with Crippen LogP contribution in [-0.2, 0) is 5.54 Å². The molecule has 3 N–H and O–H groups in total. The van der Waals surface area contributed by atoms with Crippen LogP contribution in [0.2, 0.25) is 0 Å². The molecule has 0 spiro atoms. The molecular weight excluding hydrogens is 208 g/mol. The number of rotatable bonds is 2. The Bertz CT molecular complexity index is 439. The van der Waals surface area contributed by atoms with Gasteiger partial charge in [-0.2, -0.15) is 0 Å². The molecule has 86 valence electrons. The molecule has 0 atom stereocenters. The molecule has 0 heterocycles. The number of nitro groups is 1. The lowest BCUT2D eigenvalue weighted by Crippen LogP contribution is -2.51. The van der Waals surface area contributed by atoms with Gasteiger partial charge < -0.3 is 10.8 Å². The highest BCUT2D eigenvalue weighted by molar-refractivity contribution is 5.44.